The van der Waals surface area contributed by atoms with Crippen LogP contribution in [0.25, 0.3) is 0 Å². The Bertz CT molecular complexity index is 185. The van der Waals surface area contributed by atoms with Crippen LogP contribution in [0.1, 0.15) is 39.5 Å². The minimum absolute atomic E-state index is 0.351. The van der Waals surface area contributed by atoms with Gasteiger partial charge in [0.25, 0.3) is 0 Å². The van der Waals surface area contributed by atoms with Crippen LogP contribution in [0.5, 0.6) is 0 Å². The molecule has 1 rings (SSSR count). The Morgan fingerprint density at radius 3 is 2.56 bits per heavy atom. The third-order valence-electron chi connectivity index (χ3n) is 2.76. The molecule has 0 heterocycles. The molecule has 1 aliphatic rings. The van der Waals surface area contributed by atoms with E-state index in [9.17, 15) is 10.2 Å². The van der Waals surface area contributed by atoms with Gasteiger partial charge in [-0.3, -0.25) is 0 Å². The van der Waals surface area contributed by atoms with E-state index in [1.54, 1.807) is 13.8 Å². The van der Waals surface area contributed by atoms with Crippen molar-refractivity contribution >= 4 is 0 Å². The number of hydrogen-bond acceptors (Lipinski definition) is 4. The van der Waals surface area contributed by atoms with Crippen LogP contribution in [0.2, 0.25) is 0 Å². The fourth-order valence-corrected chi connectivity index (χ4v) is 1.91. The SMILES string of the molecule is CC(C)(O)CNCC(O)COC1CCCC1. The summed E-state index contributed by atoms with van der Waals surface area (Å²) in [4.78, 5) is 0. The quantitative estimate of drug-likeness (QED) is 0.602. The van der Waals surface area contributed by atoms with Crippen LogP contribution >= 0.6 is 0 Å². The highest BCUT2D eigenvalue weighted by Crippen LogP contribution is 2.20. The standard InChI is InChI=1S/C12H25NO3/c1-12(2,15)9-13-7-10(14)8-16-11-5-3-4-6-11/h10-11,13-15H,3-9H2,1-2H3. The molecular formula is C12H25NO3. The second kappa shape index (κ2) is 6.55. The lowest BCUT2D eigenvalue weighted by Crippen LogP contribution is -2.40. The summed E-state index contributed by atoms with van der Waals surface area (Å²) in [5.74, 6) is 0. The Morgan fingerprint density at radius 1 is 1.38 bits per heavy atom. The molecule has 0 radical (unpaired) electrons. The molecule has 0 bridgehead atoms. The molecule has 1 aliphatic carbocycles. The van der Waals surface area contributed by atoms with Crippen molar-refractivity contribution in [3.63, 3.8) is 0 Å². The van der Waals surface area contributed by atoms with E-state index >= 15 is 0 Å². The van der Waals surface area contributed by atoms with Gasteiger partial charge >= 0.3 is 0 Å². The summed E-state index contributed by atoms with van der Waals surface area (Å²) >= 11 is 0. The average molecular weight is 231 g/mol. The van der Waals surface area contributed by atoms with Gasteiger partial charge in [0.15, 0.2) is 0 Å². The van der Waals surface area contributed by atoms with Gasteiger partial charge in [0.2, 0.25) is 0 Å². The fraction of sp³-hybridized carbons (Fsp3) is 1.00. The van der Waals surface area contributed by atoms with Crippen LogP contribution in [0.4, 0.5) is 0 Å². The van der Waals surface area contributed by atoms with Crippen LogP contribution in [-0.4, -0.2) is 47.7 Å². The first-order chi connectivity index (χ1) is 7.47. The summed E-state index contributed by atoms with van der Waals surface area (Å²) < 4.78 is 5.59. The highest BCUT2D eigenvalue weighted by molar-refractivity contribution is 4.71. The van der Waals surface area contributed by atoms with Gasteiger partial charge in [-0.2, -0.15) is 0 Å². The van der Waals surface area contributed by atoms with Gasteiger partial charge in [-0.15, -0.1) is 0 Å². The fourth-order valence-electron chi connectivity index (χ4n) is 1.91. The predicted octanol–water partition coefficient (Wildman–Crippen LogP) is 0.667. The first-order valence-corrected chi connectivity index (χ1v) is 6.20. The zero-order valence-electron chi connectivity index (χ0n) is 10.4. The lowest BCUT2D eigenvalue weighted by molar-refractivity contribution is -0.00778. The van der Waals surface area contributed by atoms with E-state index < -0.39 is 11.7 Å². The van der Waals surface area contributed by atoms with Crippen molar-refractivity contribution in [1.82, 2.24) is 5.32 Å². The molecule has 4 heteroatoms. The van der Waals surface area contributed by atoms with E-state index in [-0.39, 0.29) is 0 Å². The minimum atomic E-state index is -0.730. The first kappa shape index (κ1) is 13.9. The number of aliphatic hydroxyl groups excluding tert-OH is 1. The molecular weight excluding hydrogens is 206 g/mol. The summed E-state index contributed by atoms with van der Waals surface area (Å²) in [6.45, 7) is 4.82. The number of nitrogens with one attached hydrogen (secondary N) is 1. The predicted molar refractivity (Wildman–Crippen MR) is 63.4 cm³/mol. The van der Waals surface area contributed by atoms with Gasteiger partial charge in [-0.1, -0.05) is 12.8 Å². The van der Waals surface area contributed by atoms with Crippen molar-refractivity contribution in [1.29, 1.82) is 0 Å². The Labute approximate surface area is 98.0 Å². The number of ether oxygens (including phenoxy) is 1. The van der Waals surface area contributed by atoms with Crippen molar-refractivity contribution in [3.8, 4) is 0 Å². The topological polar surface area (TPSA) is 61.7 Å². The molecule has 0 aliphatic heterocycles. The molecule has 0 aromatic carbocycles. The lowest BCUT2D eigenvalue weighted by atomic mass is 10.1. The molecule has 1 saturated carbocycles. The molecule has 1 unspecified atom stereocenters. The summed E-state index contributed by atoms with van der Waals surface area (Å²) in [5, 5.41) is 22.1. The summed E-state index contributed by atoms with van der Waals surface area (Å²) in [7, 11) is 0. The second-order valence-corrected chi connectivity index (χ2v) is 5.34. The van der Waals surface area contributed by atoms with Crippen molar-refractivity contribution in [2.45, 2.75) is 57.3 Å². The zero-order chi connectivity index (χ0) is 12.0. The number of hydrogen-bond donors (Lipinski definition) is 3. The first-order valence-electron chi connectivity index (χ1n) is 6.20. The molecule has 0 amide bonds. The highest BCUT2D eigenvalue weighted by Gasteiger charge is 2.17. The van der Waals surface area contributed by atoms with Crippen LogP contribution in [-0.2, 0) is 4.74 Å². The maximum atomic E-state index is 9.64. The van der Waals surface area contributed by atoms with Crippen molar-refractivity contribution in [2.24, 2.45) is 0 Å². The van der Waals surface area contributed by atoms with Gasteiger partial charge in [-0.25, -0.2) is 0 Å². The van der Waals surface area contributed by atoms with Crippen molar-refractivity contribution in [3.05, 3.63) is 0 Å². The van der Waals surface area contributed by atoms with E-state index in [0.717, 1.165) is 12.8 Å². The van der Waals surface area contributed by atoms with Crippen molar-refractivity contribution < 1.29 is 14.9 Å². The van der Waals surface area contributed by atoms with Gasteiger partial charge in [0.05, 0.1) is 24.4 Å². The molecule has 0 spiro atoms. The van der Waals surface area contributed by atoms with E-state index in [0.29, 0.717) is 25.8 Å². The molecule has 0 saturated heterocycles. The maximum Gasteiger partial charge on any atom is 0.0897 e. The summed E-state index contributed by atoms with van der Waals surface area (Å²) in [6, 6.07) is 0. The lowest BCUT2D eigenvalue weighted by Gasteiger charge is -2.20. The molecule has 4 nitrogen and oxygen atoms in total. The highest BCUT2D eigenvalue weighted by atomic mass is 16.5. The van der Waals surface area contributed by atoms with Crippen molar-refractivity contribution in [2.75, 3.05) is 19.7 Å². The molecule has 3 N–H and O–H groups in total. The van der Waals surface area contributed by atoms with Crippen LogP contribution in [0, 0.1) is 0 Å². The molecule has 0 aromatic rings. The maximum absolute atomic E-state index is 9.64. The van der Waals surface area contributed by atoms with E-state index in [4.69, 9.17) is 4.74 Å². The van der Waals surface area contributed by atoms with Gasteiger partial charge in [0.1, 0.15) is 0 Å². The molecule has 16 heavy (non-hydrogen) atoms. The van der Waals surface area contributed by atoms with E-state index in [1.807, 2.05) is 0 Å². The average Bonchev–Trinajstić information content (AvgIpc) is 2.65. The largest absolute Gasteiger partial charge is 0.389 e. The Kier molecular flexibility index (Phi) is 5.69. The second-order valence-electron chi connectivity index (χ2n) is 5.34. The molecule has 1 atom stereocenters. The zero-order valence-corrected chi connectivity index (χ0v) is 10.4. The molecule has 1 fully saturated rings. The Hall–Kier alpha value is -0.160. The smallest absolute Gasteiger partial charge is 0.0897 e. The van der Waals surface area contributed by atoms with Gasteiger partial charge < -0.3 is 20.3 Å². The number of rotatable bonds is 7. The van der Waals surface area contributed by atoms with Crippen LogP contribution in [0.3, 0.4) is 0 Å². The van der Waals surface area contributed by atoms with E-state index in [1.165, 1.54) is 12.8 Å². The third-order valence-corrected chi connectivity index (χ3v) is 2.76. The van der Waals surface area contributed by atoms with E-state index in [2.05, 4.69) is 5.32 Å². The molecule has 96 valence electrons. The summed E-state index contributed by atoms with van der Waals surface area (Å²) in [6.07, 6.45) is 4.62. The third kappa shape index (κ3) is 6.43. The summed E-state index contributed by atoms with van der Waals surface area (Å²) in [5.41, 5.74) is -0.730. The minimum Gasteiger partial charge on any atom is -0.389 e. The number of aliphatic hydroxyl groups is 2. The Balaban J connectivity index is 2.00. The molecule has 0 aromatic heterocycles. The van der Waals surface area contributed by atoms with Gasteiger partial charge in [-0.05, 0) is 26.7 Å². The van der Waals surface area contributed by atoms with Crippen LogP contribution < -0.4 is 5.32 Å². The van der Waals surface area contributed by atoms with Crippen LogP contribution in [0.15, 0.2) is 0 Å². The Morgan fingerprint density at radius 2 is 2.00 bits per heavy atom. The van der Waals surface area contributed by atoms with Gasteiger partial charge in [0, 0.05) is 13.1 Å². The normalized spacial score (nSPS) is 20.2. The monoisotopic (exact) mass is 231 g/mol.